The Bertz CT molecular complexity index is 768. The highest BCUT2D eigenvalue weighted by Gasteiger charge is 2.36. The molecule has 6 heteroatoms. The van der Waals surface area contributed by atoms with Gasteiger partial charge in [0.2, 0.25) is 0 Å². The van der Waals surface area contributed by atoms with Gasteiger partial charge in [-0.3, -0.25) is 4.79 Å². The van der Waals surface area contributed by atoms with Crippen LogP contribution in [0.1, 0.15) is 59.8 Å². The summed E-state index contributed by atoms with van der Waals surface area (Å²) in [6.45, 7) is 5.66. The fourth-order valence-corrected chi connectivity index (χ4v) is 4.27. The smallest absolute Gasteiger partial charge is 0.257 e. The highest BCUT2D eigenvalue weighted by molar-refractivity contribution is 7.09. The molecule has 1 aromatic heterocycles. The summed E-state index contributed by atoms with van der Waals surface area (Å²) in [6, 6.07) is 7.69. The van der Waals surface area contributed by atoms with Crippen molar-refractivity contribution in [1.82, 2.24) is 9.88 Å². The van der Waals surface area contributed by atoms with E-state index in [0.717, 1.165) is 41.4 Å². The summed E-state index contributed by atoms with van der Waals surface area (Å²) in [5, 5.41) is 6.68. The molecule has 1 N–H and O–H groups in total. The second-order valence-corrected chi connectivity index (χ2v) is 7.84. The summed E-state index contributed by atoms with van der Waals surface area (Å²) in [5.41, 5.74) is 2.51. The summed E-state index contributed by atoms with van der Waals surface area (Å²) >= 11 is 1.66. The van der Waals surface area contributed by atoms with Crippen LogP contribution in [-0.4, -0.2) is 35.0 Å². The van der Waals surface area contributed by atoms with Crippen molar-refractivity contribution in [3.8, 4) is 0 Å². The molecule has 1 amide bonds. The van der Waals surface area contributed by atoms with Crippen molar-refractivity contribution in [2.45, 2.75) is 44.9 Å². The molecular formula is C19H23N3O2S. The highest BCUT2D eigenvalue weighted by atomic mass is 32.1. The third kappa shape index (κ3) is 3.16. The monoisotopic (exact) mass is 357 g/mol. The molecule has 25 heavy (non-hydrogen) atoms. The predicted octanol–water partition coefficient (Wildman–Crippen LogP) is 4.01. The lowest BCUT2D eigenvalue weighted by Gasteiger charge is -2.38. The maximum absolute atomic E-state index is 13.1. The van der Waals surface area contributed by atoms with E-state index in [1.54, 1.807) is 11.3 Å². The number of nitrogens with zero attached hydrogens (tertiary/aromatic N) is 2. The van der Waals surface area contributed by atoms with Crippen LogP contribution in [0.25, 0.3) is 0 Å². The molecule has 2 atom stereocenters. The zero-order chi connectivity index (χ0) is 17.4. The molecule has 2 aliphatic heterocycles. The Hall–Kier alpha value is -1.92. The number of fused-ring (bicyclic) bond motifs is 1. The molecule has 2 aromatic rings. The Labute approximate surface area is 152 Å². The minimum absolute atomic E-state index is 0.0500. The van der Waals surface area contributed by atoms with Crippen molar-refractivity contribution in [2.75, 3.05) is 18.5 Å². The van der Waals surface area contributed by atoms with Gasteiger partial charge in [-0.05, 0) is 25.0 Å². The van der Waals surface area contributed by atoms with E-state index >= 15 is 0 Å². The fraction of sp³-hybridized carbons (Fsp3) is 0.474. The van der Waals surface area contributed by atoms with Gasteiger partial charge in [-0.25, -0.2) is 4.98 Å². The lowest BCUT2D eigenvalue weighted by Crippen LogP contribution is -2.46. The van der Waals surface area contributed by atoms with Gasteiger partial charge in [0.1, 0.15) is 6.17 Å². The van der Waals surface area contributed by atoms with Crippen molar-refractivity contribution in [2.24, 2.45) is 0 Å². The molecule has 132 valence electrons. The number of hydrogen-bond donors (Lipinski definition) is 1. The maximum atomic E-state index is 13.1. The van der Waals surface area contributed by atoms with Crippen LogP contribution in [0.2, 0.25) is 0 Å². The second-order valence-electron chi connectivity index (χ2n) is 6.95. The number of amides is 1. The molecular weight excluding hydrogens is 334 g/mol. The lowest BCUT2D eigenvalue weighted by atomic mass is 10.1. The molecule has 2 aliphatic rings. The van der Waals surface area contributed by atoms with Crippen LogP contribution in [-0.2, 0) is 4.74 Å². The largest absolute Gasteiger partial charge is 0.376 e. The van der Waals surface area contributed by atoms with E-state index in [2.05, 4.69) is 24.5 Å². The number of rotatable bonds is 4. The zero-order valence-corrected chi connectivity index (χ0v) is 15.4. The van der Waals surface area contributed by atoms with Crippen LogP contribution in [0.5, 0.6) is 0 Å². The minimum atomic E-state index is -0.240. The highest BCUT2D eigenvalue weighted by Crippen LogP contribution is 2.35. The van der Waals surface area contributed by atoms with E-state index in [0.29, 0.717) is 12.5 Å². The SMILES string of the molecule is CC(C)c1nc([C@@H]2Nc3ccccc3C(=O)N2C[C@@H]2CCCO2)cs1. The Kier molecular flexibility index (Phi) is 4.48. The van der Waals surface area contributed by atoms with Crippen LogP contribution in [0.4, 0.5) is 5.69 Å². The van der Waals surface area contributed by atoms with Gasteiger partial charge >= 0.3 is 0 Å². The number of benzene rings is 1. The van der Waals surface area contributed by atoms with Gasteiger partial charge in [-0.1, -0.05) is 26.0 Å². The number of aromatic nitrogens is 1. The Morgan fingerprint density at radius 2 is 2.24 bits per heavy atom. The van der Waals surface area contributed by atoms with Crippen LogP contribution < -0.4 is 5.32 Å². The molecule has 0 saturated carbocycles. The van der Waals surface area contributed by atoms with Crippen molar-refractivity contribution < 1.29 is 9.53 Å². The number of nitrogens with one attached hydrogen (secondary N) is 1. The maximum Gasteiger partial charge on any atom is 0.257 e. The van der Waals surface area contributed by atoms with Crippen molar-refractivity contribution in [3.63, 3.8) is 0 Å². The van der Waals surface area contributed by atoms with Crippen molar-refractivity contribution in [1.29, 1.82) is 0 Å². The van der Waals surface area contributed by atoms with E-state index < -0.39 is 0 Å². The topological polar surface area (TPSA) is 54.5 Å². The predicted molar refractivity (Wildman–Crippen MR) is 99.0 cm³/mol. The third-order valence-electron chi connectivity index (χ3n) is 4.76. The number of para-hydroxylation sites is 1. The van der Waals surface area contributed by atoms with E-state index in [4.69, 9.17) is 9.72 Å². The number of thiazole rings is 1. The molecule has 3 heterocycles. The third-order valence-corrected chi connectivity index (χ3v) is 5.92. The average molecular weight is 357 g/mol. The number of carbonyl (C=O) groups excluding carboxylic acids is 1. The molecule has 0 unspecified atom stereocenters. The molecule has 1 aromatic carbocycles. The Balaban J connectivity index is 1.68. The van der Waals surface area contributed by atoms with Crippen LogP contribution in [0.3, 0.4) is 0 Å². The van der Waals surface area contributed by atoms with Gasteiger partial charge in [-0.2, -0.15) is 0 Å². The van der Waals surface area contributed by atoms with Gasteiger partial charge in [-0.15, -0.1) is 11.3 Å². The van der Waals surface area contributed by atoms with Crippen molar-refractivity contribution in [3.05, 3.63) is 45.9 Å². The standard InChI is InChI=1S/C19H23N3O2S/c1-12(2)18-21-16(11-25-18)17-20-15-8-4-3-7-14(15)19(23)22(17)10-13-6-5-9-24-13/h3-4,7-8,11-13,17,20H,5-6,9-10H2,1-2H3/t13-,17+/m0/s1. The van der Waals surface area contributed by atoms with Gasteiger partial charge in [0.25, 0.3) is 5.91 Å². The first kappa shape index (κ1) is 16.5. The molecule has 4 rings (SSSR count). The fourth-order valence-electron chi connectivity index (χ4n) is 3.41. The van der Waals surface area contributed by atoms with E-state index in [1.165, 1.54) is 0 Å². The zero-order valence-electron chi connectivity index (χ0n) is 14.6. The molecule has 0 bridgehead atoms. The quantitative estimate of drug-likeness (QED) is 0.898. The first-order chi connectivity index (χ1) is 12.1. The second kappa shape index (κ2) is 6.77. The summed E-state index contributed by atoms with van der Waals surface area (Å²) < 4.78 is 5.78. The summed E-state index contributed by atoms with van der Waals surface area (Å²) in [5.74, 6) is 0.436. The summed E-state index contributed by atoms with van der Waals surface area (Å²) in [6.07, 6.45) is 1.94. The molecule has 1 fully saturated rings. The van der Waals surface area contributed by atoms with E-state index in [-0.39, 0.29) is 18.2 Å². The first-order valence-electron chi connectivity index (χ1n) is 8.87. The van der Waals surface area contributed by atoms with Gasteiger partial charge in [0.15, 0.2) is 0 Å². The van der Waals surface area contributed by atoms with E-state index in [1.807, 2.05) is 29.2 Å². The van der Waals surface area contributed by atoms with Gasteiger partial charge < -0.3 is 15.0 Å². The minimum Gasteiger partial charge on any atom is -0.376 e. The van der Waals surface area contributed by atoms with Crippen molar-refractivity contribution >= 4 is 22.9 Å². The molecule has 0 radical (unpaired) electrons. The van der Waals surface area contributed by atoms with Gasteiger partial charge in [0, 0.05) is 30.1 Å². The van der Waals surface area contributed by atoms with E-state index in [9.17, 15) is 4.79 Å². The molecule has 0 aliphatic carbocycles. The lowest BCUT2D eigenvalue weighted by molar-refractivity contribution is 0.0423. The van der Waals surface area contributed by atoms with Crippen LogP contribution in [0.15, 0.2) is 29.6 Å². The summed E-state index contributed by atoms with van der Waals surface area (Å²) in [7, 11) is 0. The number of anilines is 1. The number of ether oxygens (including phenoxy) is 1. The Morgan fingerprint density at radius 1 is 1.40 bits per heavy atom. The molecule has 0 spiro atoms. The van der Waals surface area contributed by atoms with Crippen LogP contribution in [0, 0.1) is 0 Å². The number of carbonyl (C=O) groups is 1. The summed E-state index contributed by atoms with van der Waals surface area (Å²) in [4.78, 5) is 19.8. The normalized spacial score (nSPS) is 23.0. The van der Waals surface area contributed by atoms with Gasteiger partial charge in [0.05, 0.1) is 22.4 Å². The molecule has 5 nitrogen and oxygen atoms in total. The van der Waals surface area contributed by atoms with Crippen LogP contribution >= 0.6 is 11.3 Å². The average Bonchev–Trinajstić information content (AvgIpc) is 3.29. The Morgan fingerprint density at radius 3 is 2.96 bits per heavy atom. The first-order valence-corrected chi connectivity index (χ1v) is 9.75. The number of hydrogen-bond acceptors (Lipinski definition) is 5. The molecule has 1 saturated heterocycles.